The van der Waals surface area contributed by atoms with Gasteiger partial charge in [0.05, 0.1) is 6.54 Å². The van der Waals surface area contributed by atoms with Gasteiger partial charge in [-0.15, -0.1) is 0 Å². The van der Waals surface area contributed by atoms with Gasteiger partial charge in [0.1, 0.15) is 5.75 Å². The Morgan fingerprint density at radius 2 is 1.51 bits per heavy atom. The van der Waals surface area contributed by atoms with Crippen LogP contribution in [0.4, 0.5) is 15.3 Å². The Labute approximate surface area is 299 Å². The van der Waals surface area contributed by atoms with Crippen LogP contribution < -0.4 is 10.8 Å². The summed E-state index contributed by atoms with van der Waals surface area (Å²) >= 11 is 0. The van der Waals surface area contributed by atoms with E-state index >= 15 is 0 Å². The molecule has 3 saturated heterocycles. The van der Waals surface area contributed by atoms with E-state index in [2.05, 4.69) is 10.2 Å². The molecule has 0 saturated carbocycles. The minimum atomic E-state index is -1.02. The molecule has 3 fully saturated rings. The number of piperidine rings is 2. The molecular weight excluding hydrogens is 654 g/mol. The molecule has 0 spiro atoms. The maximum Gasteiger partial charge on any atom is 0.410 e. The van der Waals surface area contributed by atoms with Gasteiger partial charge in [-0.3, -0.25) is 24.6 Å². The van der Waals surface area contributed by atoms with Crippen LogP contribution in [-0.2, 0) is 27.2 Å². The fraction of sp³-hybridized carbons (Fsp3) is 0.568. The standard InChI is InChI=1S/C37H51N7O7/c1-25-21-27(22-26(2)34(25)46)23-32(35(47)42-12-8-29(9-13-42)41-19-17-40(18-20-41)24-33(45)39-50)51-37(49)43-14-10-30(11-15-43)44-16-7-28-5-3-4-6-31(28)38-36(44)48/h3-6,21-22,29-30,32,46,50H,7-20,23-24H2,1-2H3,(H,38,48)(H,39,45). The smallest absolute Gasteiger partial charge is 0.410 e. The average molecular weight is 706 g/mol. The molecule has 4 heterocycles. The summed E-state index contributed by atoms with van der Waals surface area (Å²) in [6, 6.07) is 11.7. The number of nitrogens with one attached hydrogen (secondary N) is 2. The number of rotatable bonds is 8. The van der Waals surface area contributed by atoms with Crippen molar-refractivity contribution in [2.75, 3.05) is 70.8 Å². The molecule has 4 aliphatic heterocycles. The topological polar surface area (TPSA) is 158 Å². The molecule has 51 heavy (non-hydrogen) atoms. The Kier molecular flexibility index (Phi) is 11.6. The summed E-state index contributed by atoms with van der Waals surface area (Å²) in [5.41, 5.74) is 5.85. The van der Waals surface area contributed by atoms with Gasteiger partial charge in [-0.1, -0.05) is 30.3 Å². The zero-order valence-electron chi connectivity index (χ0n) is 29.7. The van der Waals surface area contributed by atoms with Crippen molar-refractivity contribution in [3.63, 3.8) is 0 Å². The molecule has 0 radical (unpaired) electrons. The highest BCUT2D eigenvalue weighted by Crippen LogP contribution is 2.27. The number of fused-ring (bicyclic) bond motifs is 1. The summed E-state index contributed by atoms with van der Waals surface area (Å²) in [7, 11) is 0. The highest BCUT2D eigenvalue weighted by atomic mass is 16.6. The van der Waals surface area contributed by atoms with E-state index in [-0.39, 0.29) is 36.7 Å². The number of likely N-dealkylation sites (tertiary alicyclic amines) is 2. The molecule has 14 nitrogen and oxygen atoms in total. The first-order valence-corrected chi connectivity index (χ1v) is 18.2. The lowest BCUT2D eigenvalue weighted by Crippen LogP contribution is -2.56. The number of benzene rings is 2. The van der Waals surface area contributed by atoms with E-state index in [0.29, 0.717) is 62.7 Å². The monoisotopic (exact) mass is 705 g/mol. The molecule has 4 aliphatic rings. The fourth-order valence-electron chi connectivity index (χ4n) is 8.03. The molecule has 1 atom stereocenters. The van der Waals surface area contributed by atoms with Crippen LogP contribution in [-0.4, -0.2) is 142 Å². The minimum absolute atomic E-state index is 0.00643. The van der Waals surface area contributed by atoms with Gasteiger partial charge in [0, 0.05) is 83.1 Å². The number of piperazine rings is 1. The fourth-order valence-corrected chi connectivity index (χ4v) is 8.03. The summed E-state index contributed by atoms with van der Waals surface area (Å²) in [6.07, 6.45) is 2.22. The van der Waals surface area contributed by atoms with E-state index in [1.165, 1.54) is 0 Å². The number of phenolic OH excluding ortho intramolecular Hbond substituents is 1. The van der Waals surface area contributed by atoms with Crippen LogP contribution in [0.3, 0.4) is 0 Å². The molecule has 5 amide bonds. The Bertz CT molecular complexity index is 1560. The number of aromatic hydroxyl groups is 1. The van der Waals surface area contributed by atoms with Crippen molar-refractivity contribution in [2.24, 2.45) is 0 Å². The molecule has 14 heteroatoms. The molecule has 2 aromatic rings. The molecule has 4 N–H and O–H groups in total. The van der Waals surface area contributed by atoms with Crippen molar-refractivity contribution < 1.29 is 34.2 Å². The van der Waals surface area contributed by atoms with Crippen LogP contribution in [0.25, 0.3) is 0 Å². The van der Waals surface area contributed by atoms with Crippen molar-refractivity contribution in [2.45, 2.75) is 70.6 Å². The average Bonchev–Trinajstić information content (AvgIpc) is 3.31. The van der Waals surface area contributed by atoms with E-state index in [1.54, 1.807) is 15.3 Å². The normalized spacial score (nSPS) is 20.3. The number of carbonyl (C=O) groups excluding carboxylic acids is 4. The molecule has 0 aliphatic carbocycles. The summed E-state index contributed by atoms with van der Waals surface area (Å²) in [5.74, 6) is -0.426. The van der Waals surface area contributed by atoms with E-state index in [9.17, 15) is 24.3 Å². The molecule has 6 rings (SSSR count). The van der Waals surface area contributed by atoms with Gasteiger partial charge in [-0.05, 0) is 74.3 Å². The first-order chi connectivity index (χ1) is 24.6. The van der Waals surface area contributed by atoms with Crippen LogP contribution in [0, 0.1) is 13.8 Å². The number of anilines is 1. The van der Waals surface area contributed by atoms with Gasteiger partial charge in [-0.25, -0.2) is 15.1 Å². The molecule has 2 aromatic carbocycles. The van der Waals surface area contributed by atoms with E-state index in [0.717, 1.165) is 62.3 Å². The van der Waals surface area contributed by atoms with Crippen molar-refractivity contribution in [1.82, 2.24) is 30.0 Å². The van der Waals surface area contributed by atoms with Crippen molar-refractivity contribution >= 4 is 29.6 Å². The second-order valence-corrected chi connectivity index (χ2v) is 14.3. The number of aryl methyl sites for hydroxylation is 2. The number of hydroxylamine groups is 1. The Hall–Kier alpha value is -4.40. The van der Waals surface area contributed by atoms with Gasteiger partial charge in [0.25, 0.3) is 11.8 Å². The van der Waals surface area contributed by atoms with Gasteiger partial charge < -0.3 is 29.9 Å². The zero-order valence-corrected chi connectivity index (χ0v) is 29.7. The van der Waals surface area contributed by atoms with Crippen molar-refractivity contribution in [1.29, 1.82) is 0 Å². The predicted octanol–water partition coefficient (Wildman–Crippen LogP) is 2.73. The quantitative estimate of drug-likeness (QED) is 0.240. The van der Waals surface area contributed by atoms with Crippen LogP contribution in [0.5, 0.6) is 5.75 Å². The van der Waals surface area contributed by atoms with Gasteiger partial charge in [0.15, 0.2) is 6.10 Å². The third kappa shape index (κ3) is 8.74. The number of nitrogens with zero attached hydrogens (tertiary/aromatic N) is 5. The lowest BCUT2D eigenvalue weighted by molar-refractivity contribution is -0.142. The number of amides is 5. The van der Waals surface area contributed by atoms with Crippen molar-refractivity contribution in [3.8, 4) is 5.75 Å². The number of urea groups is 1. The Morgan fingerprint density at radius 3 is 2.18 bits per heavy atom. The lowest BCUT2D eigenvalue weighted by Gasteiger charge is -2.43. The number of carbonyl (C=O) groups is 4. The molecule has 0 aromatic heterocycles. The molecule has 1 unspecified atom stereocenters. The molecule has 0 bridgehead atoms. The highest BCUT2D eigenvalue weighted by Gasteiger charge is 2.36. The van der Waals surface area contributed by atoms with E-state index in [1.807, 2.05) is 60.0 Å². The summed E-state index contributed by atoms with van der Waals surface area (Å²) in [5, 5.41) is 22.2. The summed E-state index contributed by atoms with van der Waals surface area (Å²) < 4.78 is 6.05. The maximum absolute atomic E-state index is 14.1. The molecular formula is C37H51N7O7. The third-order valence-corrected chi connectivity index (χ3v) is 11.0. The van der Waals surface area contributed by atoms with Crippen molar-refractivity contribution in [3.05, 3.63) is 58.7 Å². The maximum atomic E-state index is 14.1. The van der Waals surface area contributed by atoms with Crippen LogP contribution in [0.15, 0.2) is 36.4 Å². The van der Waals surface area contributed by atoms with Gasteiger partial charge >= 0.3 is 12.1 Å². The SMILES string of the molecule is Cc1cc(CC(OC(=O)N2CCC(N3CCc4ccccc4NC3=O)CC2)C(=O)N2CCC(N3CCN(CC(=O)NO)CC3)CC2)cc(C)c1O. The summed E-state index contributed by atoms with van der Waals surface area (Å²) in [4.78, 5) is 62.1. The highest BCUT2D eigenvalue weighted by molar-refractivity contribution is 5.91. The first-order valence-electron chi connectivity index (χ1n) is 18.2. The molecule has 276 valence electrons. The number of ether oxygens (including phenoxy) is 1. The van der Waals surface area contributed by atoms with Crippen LogP contribution >= 0.6 is 0 Å². The van der Waals surface area contributed by atoms with E-state index in [4.69, 9.17) is 9.94 Å². The first kappa shape index (κ1) is 36.4. The Balaban J connectivity index is 1.06. The predicted molar refractivity (Wildman–Crippen MR) is 190 cm³/mol. The second kappa shape index (κ2) is 16.3. The van der Waals surface area contributed by atoms with E-state index < -0.39 is 18.1 Å². The number of phenols is 1. The number of hydrogen-bond acceptors (Lipinski definition) is 9. The largest absolute Gasteiger partial charge is 0.507 e. The van der Waals surface area contributed by atoms with Gasteiger partial charge in [-0.2, -0.15) is 0 Å². The zero-order chi connectivity index (χ0) is 36.1. The number of para-hydroxylation sites is 1. The Morgan fingerprint density at radius 1 is 0.882 bits per heavy atom. The third-order valence-electron chi connectivity index (χ3n) is 11.0. The van der Waals surface area contributed by atoms with Crippen LogP contribution in [0.2, 0.25) is 0 Å². The lowest BCUT2D eigenvalue weighted by atomic mass is 9.98. The van der Waals surface area contributed by atoms with Gasteiger partial charge in [0.2, 0.25) is 0 Å². The number of hydrogen-bond donors (Lipinski definition) is 4. The minimum Gasteiger partial charge on any atom is -0.507 e. The summed E-state index contributed by atoms with van der Waals surface area (Å²) in [6.45, 7) is 9.41. The second-order valence-electron chi connectivity index (χ2n) is 14.3. The van der Waals surface area contributed by atoms with Crippen LogP contribution in [0.1, 0.15) is 47.9 Å².